The Bertz CT molecular complexity index is 585. The topological polar surface area (TPSA) is 51.2 Å². The van der Waals surface area contributed by atoms with Gasteiger partial charge in [0.2, 0.25) is 0 Å². The lowest BCUT2D eigenvalue weighted by Gasteiger charge is -2.14. The first-order valence-electron chi connectivity index (χ1n) is 5.89. The molecule has 1 N–H and O–H groups in total. The second-order valence-electron chi connectivity index (χ2n) is 4.07. The monoisotopic (exact) mass is 310 g/mol. The summed E-state index contributed by atoms with van der Waals surface area (Å²) in [5.74, 6) is 0.301. The first-order valence-corrected chi connectivity index (χ1v) is 6.65. The number of carbonyl (C=O) groups is 1. The third-order valence-electron chi connectivity index (χ3n) is 2.49. The van der Waals surface area contributed by atoms with Crippen LogP contribution in [0, 0.1) is 0 Å². The van der Waals surface area contributed by atoms with Crippen molar-refractivity contribution in [1.82, 2.24) is 4.98 Å². The molecule has 0 spiro atoms. The molecule has 20 heavy (non-hydrogen) atoms. The number of carbonyl (C=O) groups excluding carboxylic acids is 1. The fourth-order valence-electron chi connectivity index (χ4n) is 1.46. The fraction of sp³-hybridized carbons (Fsp3) is 0.143. The van der Waals surface area contributed by atoms with E-state index in [9.17, 15) is 4.79 Å². The second kappa shape index (κ2) is 6.59. The lowest BCUT2D eigenvalue weighted by atomic mass is 10.3. The number of benzene rings is 1. The van der Waals surface area contributed by atoms with E-state index in [2.05, 4.69) is 10.3 Å². The number of halogens is 2. The Kier molecular flexibility index (Phi) is 4.82. The van der Waals surface area contributed by atoms with Crippen molar-refractivity contribution in [3.63, 3.8) is 0 Å². The van der Waals surface area contributed by atoms with Crippen LogP contribution in [-0.2, 0) is 4.79 Å². The lowest BCUT2D eigenvalue weighted by Crippen LogP contribution is -2.30. The molecule has 1 aromatic carbocycles. The molecule has 2 aromatic rings. The number of hydrogen-bond donors (Lipinski definition) is 1. The maximum absolute atomic E-state index is 11.9. The van der Waals surface area contributed by atoms with Gasteiger partial charge in [-0.15, -0.1) is 0 Å². The van der Waals surface area contributed by atoms with Gasteiger partial charge >= 0.3 is 0 Å². The number of amides is 1. The maximum Gasteiger partial charge on any atom is 0.265 e. The van der Waals surface area contributed by atoms with Gasteiger partial charge in [0.15, 0.2) is 6.10 Å². The Labute approximate surface area is 126 Å². The van der Waals surface area contributed by atoms with E-state index in [1.807, 2.05) is 0 Å². The maximum atomic E-state index is 11.9. The zero-order valence-electron chi connectivity index (χ0n) is 10.6. The number of ether oxygens (including phenoxy) is 1. The van der Waals surface area contributed by atoms with Crippen LogP contribution < -0.4 is 10.1 Å². The number of rotatable bonds is 4. The normalized spacial score (nSPS) is 11.8. The van der Waals surface area contributed by atoms with E-state index in [1.54, 1.807) is 43.3 Å². The van der Waals surface area contributed by atoms with Crippen molar-refractivity contribution in [2.45, 2.75) is 13.0 Å². The minimum atomic E-state index is -0.646. The minimum absolute atomic E-state index is 0.274. The lowest BCUT2D eigenvalue weighted by molar-refractivity contribution is -0.122. The Morgan fingerprint density at radius 1 is 1.20 bits per heavy atom. The number of hydrogen-bond acceptors (Lipinski definition) is 3. The summed E-state index contributed by atoms with van der Waals surface area (Å²) in [6.45, 7) is 1.66. The van der Waals surface area contributed by atoms with Crippen LogP contribution in [-0.4, -0.2) is 17.0 Å². The summed E-state index contributed by atoms with van der Waals surface area (Å²) < 4.78 is 5.51. The molecule has 0 radical (unpaired) electrons. The molecule has 0 fully saturated rings. The molecule has 0 saturated heterocycles. The molecule has 1 unspecified atom stereocenters. The average Bonchev–Trinajstić information content (AvgIpc) is 2.44. The third-order valence-corrected chi connectivity index (χ3v) is 2.97. The minimum Gasteiger partial charge on any atom is -0.481 e. The van der Waals surface area contributed by atoms with Gasteiger partial charge in [0.25, 0.3) is 5.91 Å². The molecule has 6 heteroatoms. The summed E-state index contributed by atoms with van der Waals surface area (Å²) >= 11 is 11.4. The van der Waals surface area contributed by atoms with Gasteiger partial charge in [-0.1, -0.05) is 23.2 Å². The summed E-state index contributed by atoms with van der Waals surface area (Å²) in [5.41, 5.74) is 0.561. The predicted octanol–water partition coefficient (Wildman–Crippen LogP) is 3.79. The fourth-order valence-corrected chi connectivity index (χ4v) is 1.70. The SMILES string of the molecule is CC(Oc1ccc(Cl)cc1)C(=O)Nc1ccc(Cl)nc1. The summed E-state index contributed by atoms with van der Waals surface area (Å²) in [6, 6.07) is 10.1. The average molecular weight is 311 g/mol. The van der Waals surface area contributed by atoms with Crippen LogP contribution in [0.3, 0.4) is 0 Å². The van der Waals surface area contributed by atoms with Crippen LogP contribution in [0.15, 0.2) is 42.6 Å². The molecule has 0 aliphatic carbocycles. The molecule has 0 saturated carbocycles. The number of nitrogens with zero attached hydrogens (tertiary/aromatic N) is 1. The van der Waals surface area contributed by atoms with E-state index in [1.165, 1.54) is 6.20 Å². The highest BCUT2D eigenvalue weighted by molar-refractivity contribution is 6.30. The predicted molar refractivity (Wildman–Crippen MR) is 79.4 cm³/mol. The molecule has 104 valence electrons. The van der Waals surface area contributed by atoms with Gasteiger partial charge in [-0.2, -0.15) is 0 Å². The Balaban J connectivity index is 1.94. The van der Waals surface area contributed by atoms with Gasteiger partial charge in [0.1, 0.15) is 10.9 Å². The van der Waals surface area contributed by atoms with Gasteiger partial charge in [0, 0.05) is 5.02 Å². The smallest absolute Gasteiger partial charge is 0.265 e. The molecule has 0 bridgehead atoms. The van der Waals surface area contributed by atoms with E-state index in [-0.39, 0.29) is 5.91 Å². The molecule has 1 atom stereocenters. The molecule has 1 heterocycles. The van der Waals surface area contributed by atoms with E-state index < -0.39 is 6.10 Å². The van der Waals surface area contributed by atoms with Crippen LogP contribution in [0.25, 0.3) is 0 Å². The van der Waals surface area contributed by atoms with Gasteiger partial charge < -0.3 is 10.1 Å². The molecule has 1 aromatic heterocycles. The van der Waals surface area contributed by atoms with Gasteiger partial charge in [-0.3, -0.25) is 4.79 Å². The Morgan fingerprint density at radius 2 is 1.90 bits per heavy atom. The van der Waals surface area contributed by atoms with Crippen LogP contribution in [0.2, 0.25) is 10.2 Å². The highest BCUT2D eigenvalue weighted by atomic mass is 35.5. The van der Waals surface area contributed by atoms with Crippen molar-refractivity contribution in [1.29, 1.82) is 0 Å². The second-order valence-corrected chi connectivity index (χ2v) is 4.90. The summed E-state index contributed by atoms with van der Waals surface area (Å²) in [7, 11) is 0. The zero-order chi connectivity index (χ0) is 14.5. The number of pyridine rings is 1. The summed E-state index contributed by atoms with van der Waals surface area (Å²) in [6.07, 6.45) is 0.835. The molecule has 0 aliphatic rings. The quantitative estimate of drug-likeness (QED) is 0.874. The standard InChI is InChI=1S/C14H12Cl2N2O2/c1-9(20-12-5-2-10(15)3-6-12)14(19)18-11-4-7-13(16)17-8-11/h2-9H,1H3,(H,18,19). The van der Waals surface area contributed by atoms with Crippen molar-refractivity contribution in [2.24, 2.45) is 0 Å². The van der Waals surface area contributed by atoms with Crippen molar-refractivity contribution >= 4 is 34.8 Å². The number of anilines is 1. The molecule has 2 rings (SSSR count). The van der Waals surface area contributed by atoms with E-state index in [4.69, 9.17) is 27.9 Å². The Morgan fingerprint density at radius 3 is 2.50 bits per heavy atom. The molecular weight excluding hydrogens is 299 g/mol. The van der Waals surface area contributed by atoms with Crippen LogP contribution in [0.5, 0.6) is 5.75 Å². The molecule has 1 amide bonds. The Hall–Kier alpha value is -1.78. The van der Waals surface area contributed by atoms with Crippen molar-refractivity contribution < 1.29 is 9.53 Å². The van der Waals surface area contributed by atoms with Gasteiger partial charge in [0.05, 0.1) is 11.9 Å². The van der Waals surface area contributed by atoms with E-state index >= 15 is 0 Å². The summed E-state index contributed by atoms with van der Waals surface area (Å²) in [4.78, 5) is 15.8. The van der Waals surface area contributed by atoms with Crippen molar-refractivity contribution in [3.05, 3.63) is 52.8 Å². The van der Waals surface area contributed by atoms with Crippen LogP contribution in [0.1, 0.15) is 6.92 Å². The molecular formula is C14H12Cl2N2O2. The third kappa shape index (κ3) is 4.11. The highest BCUT2D eigenvalue weighted by Gasteiger charge is 2.14. The zero-order valence-corrected chi connectivity index (χ0v) is 12.2. The van der Waals surface area contributed by atoms with Crippen LogP contribution >= 0.6 is 23.2 Å². The highest BCUT2D eigenvalue weighted by Crippen LogP contribution is 2.17. The van der Waals surface area contributed by atoms with Crippen molar-refractivity contribution in [3.8, 4) is 5.75 Å². The molecule has 4 nitrogen and oxygen atoms in total. The van der Waals surface area contributed by atoms with Gasteiger partial charge in [-0.05, 0) is 43.3 Å². The summed E-state index contributed by atoms with van der Waals surface area (Å²) in [5, 5.41) is 3.67. The van der Waals surface area contributed by atoms with Crippen LogP contribution in [0.4, 0.5) is 5.69 Å². The van der Waals surface area contributed by atoms with E-state index in [0.717, 1.165) is 0 Å². The molecule has 0 aliphatic heterocycles. The first-order chi connectivity index (χ1) is 9.54. The van der Waals surface area contributed by atoms with Gasteiger partial charge in [-0.25, -0.2) is 4.98 Å². The van der Waals surface area contributed by atoms with E-state index in [0.29, 0.717) is 21.6 Å². The van der Waals surface area contributed by atoms with Crippen molar-refractivity contribution in [2.75, 3.05) is 5.32 Å². The number of aromatic nitrogens is 1. The largest absolute Gasteiger partial charge is 0.481 e. The first kappa shape index (κ1) is 14.6. The number of nitrogens with one attached hydrogen (secondary N) is 1.